The second kappa shape index (κ2) is 6.34. The normalized spacial score (nSPS) is 10.8. The van der Waals surface area contributed by atoms with E-state index in [-0.39, 0.29) is 18.0 Å². The van der Waals surface area contributed by atoms with Gasteiger partial charge in [0.15, 0.2) is 0 Å². The number of aromatic nitrogens is 1. The van der Waals surface area contributed by atoms with Gasteiger partial charge in [-0.2, -0.15) is 0 Å². The minimum atomic E-state index is -3.67. The number of hydrogen-bond donors (Lipinski definition) is 2. The van der Waals surface area contributed by atoms with E-state index in [1.54, 1.807) is 24.3 Å². The van der Waals surface area contributed by atoms with E-state index in [0.717, 1.165) is 0 Å². The van der Waals surface area contributed by atoms with Gasteiger partial charge in [-0.25, -0.2) is 13.1 Å². The van der Waals surface area contributed by atoms with Gasteiger partial charge in [0.2, 0.25) is 10.0 Å². The summed E-state index contributed by atoms with van der Waals surface area (Å²) in [5, 5.41) is 3.64. The molecule has 0 spiro atoms. The highest BCUT2D eigenvalue weighted by Crippen LogP contribution is 2.14. The van der Waals surface area contributed by atoms with E-state index < -0.39 is 10.0 Å². The summed E-state index contributed by atoms with van der Waals surface area (Å²) >= 11 is 0. The van der Waals surface area contributed by atoms with Crippen LogP contribution in [0.4, 0.5) is 0 Å². The fourth-order valence-electron chi connectivity index (χ4n) is 1.53. The van der Waals surface area contributed by atoms with Crippen LogP contribution in [0, 0.1) is 11.8 Å². The molecule has 0 unspecified atom stereocenters. The molecular formula is C13H13N3O3S. The Morgan fingerprint density at radius 1 is 1.30 bits per heavy atom. The Balaban J connectivity index is 2.25. The molecule has 0 amide bonds. The number of rotatable bonds is 4. The van der Waals surface area contributed by atoms with Crippen LogP contribution >= 0.6 is 0 Å². The van der Waals surface area contributed by atoms with Crippen LogP contribution in [0.2, 0.25) is 0 Å². The summed E-state index contributed by atoms with van der Waals surface area (Å²) in [5.74, 6) is 5.39. The minimum Gasteiger partial charge on any atom is -0.364 e. The Morgan fingerprint density at radius 3 is 2.80 bits per heavy atom. The molecule has 3 N–H and O–H groups in total. The van der Waals surface area contributed by atoms with Crippen molar-refractivity contribution in [1.82, 2.24) is 9.88 Å². The van der Waals surface area contributed by atoms with Crippen molar-refractivity contribution in [3.63, 3.8) is 0 Å². The van der Waals surface area contributed by atoms with Gasteiger partial charge in [-0.05, 0) is 12.1 Å². The summed E-state index contributed by atoms with van der Waals surface area (Å²) in [4.78, 5) is 0.115. The van der Waals surface area contributed by atoms with Crippen molar-refractivity contribution in [3.8, 4) is 11.8 Å². The maximum absolute atomic E-state index is 12.2. The van der Waals surface area contributed by atoms with Crippen LogP contribution < -0.4 is 10.5 Å². The van der Waals surface area contributed by atoms with E-state index in [1.807, 2.05) is 0 Å². The highest BCUT2D eigenvalue weighted by atomic mass is 32.2. The lowest BCUT2D eigenvalue weighted by Crippen LogP contribution is -2.24. The topological polar surface area (TPSA) is 98.2 Å². The second-order valence-electron chi connectivity index (χ2n) is 3.82. The van der Waals surface area contributed by atoms with Gasteiger partial charge in [0.25, 0.3) is 0 Å². The Morgan fingerprint density at radius 2 is 2.10 bits per heavy atom. The van der Waals surface area contributed by atoms with E-state index in [1.165, 1.54) is 12.3 Å². The van der Waals surface area contributed by atoms with Gasteiger partial charge in [0.05, 0.1) is 23.7 Å². The molecule has 104 valence electrons. The van der Waals surface area contributed by atoms with Crippen LogP contribution in [0.1, 0.15) is 11.3 Å². The number of benzene rings is 1. The molecule has 1 aromatic carbocycles. The van der Waals surface area contributed by atoms with Crippen molar-refractivity contribution in [2.45, 2.75) is 11.4 Å². The minimum absolute atomic E-state index is 0.0531. The molecule has 0 saturated carbocycles. The predicted octanol–water partition coefficient (Wildman–Crippen LogP) is 0.463. The third-order valence-electron chi connectivity index (χ3n) is 2.44. The van der Waals surface area contributed by atoms with Crippen LogP contribution in [0.25, 0.3) is 0 Å². The maximum Gasteiger partial charge on any atom is 0.242 e. The fraction of sp³-hybridized carbons (Fsp3) is 0.154. The van der Waals surface area contributed by atoms with Gasteiger partial charge in [-0.1, -0.05) is 29.1 Å². The van der Waals surface area contributed by atoms with Crippen molar-refractivity contribution < 1.29 is 12.9 Å². The number of sulfonamides is 1. The number of hydrogen-bond acceptors (Lipinski definition) is 5. The van der Waals surface area contributed by atoms with Crippen molar-refractivity contribution in [2.75, 3.05) is 6.54 Å². The SMILES string of the molecule is NCC#Cc1ccccc1S(=O)(=O)NCc1ccon1. The van der Waals surface area contributed by atoms with Crippen LogP contribution in [-0.4, -0.2) is 20.1 Å². The molecule has 0 aliphatic rings. The lowest BCUT2D eigenvalue weighted by atomic mass is 10.2. The summed E-state index contributed by atoms with van der Waals surface area (Å²) in [6, 6.07) is 8.07. The number of nitrogens with zero attached hydrogens (tertiary/aromatic N) is 1. The first kappa shape index (κ1) is 14.3. The number of nitrogens with two attached hydrogens (primary N) is 1. The third kappa shape index (κ3) is 3.45. The maximum atomic E-state index is 12.2. The summed E-state index contributed by atoms with van der Waals surface area (Å²) < 4.78 is 31.6. The lowest BCUT2D eigenvalue weighted by Gasteiger charge is -2.07. The Bertz CT molecular complexity index is 728. The van der Waals surface area contributed by atoms with E-state index >= 15 is 0 Å². The zero-order valence-corrected chi connectivity index (χ0v) is 11.4. The molecular weight excluding hydrogens is 278 g/mol. The van der Waals surface area contributed by atoms with Crippen LogP contribution in [0.3, 0.4) is 0 Å². The first-order valence-corrected chi connectivity index (χ1v) is 7.28. The quantitative estimate of drug-likeness (QED) is 0.798. The smallest absolute Gasteiger partial charge is 0.242 e. The third-order valence-corrected chi connectivity index (χ3v) is 3.90. The molecule has 0 fully saturated rings. The van der Waals surface area contributed by atoms with Crippen molar-refractivity contribution in [3.05, 3.63) is 47.9 Å². The summed E-state index contributed by atoms with van der Waals surface area (Å²) in [7, 11) is -3.67. The molecule has 1 aromatic heterocycles. The molecule has 0 aliphatic heterocycles. The van der Waals surface area contributed by atoms with Crippen molar-refractivity contribution >= 4 is 10.0 Å². The number of nitrogens with one attached hydrogen (secondary N) is 1. The van der Waals surface area contributed by atoms with E-state index in [4.69, 9.17) is 5.73 Å². The fourth-order valence-corrected chi connectivity index (χ4v) is 2.69. The van der Waals surface area contributed by atoms with Crippen LogP contribution in [0.5, 0.6) is 0 Å². The Hall–Kier alpha value is -2.14. The average Bonchev–Trinajstić information content (AvgIpc) is 2.97. The molecule has 0 atom stereocenters. The van der Waals surface area contributed by atoms with Crippen molar-refractivity contribution in [2.24, 2.45) is 5.73 Å². The first-order chi connectivity index (χ1) is 9.63. The van der Waals surface area contributed by atoms with Gasteiger partial charge in [-0.15, -0.1) is 0 Å². The highest BCUT2D eigenvalue weighted by molar-refractivity contribution is 7.89. The van der Waals surface area contributed by atoms with Gasteiger partial charge in [0, 0.05) is 11.6 Å². The molecule has 0 aliphatic carbocycles. The molecule has 0 saturated heterocycles. The molecule has 20 heavy (non-hydrogen) atoms. The summed E-state index contributed by atoms with van der Waals surface area (Å²) in [5.41, 5.74) is 6.21. The lowest BCUT2D eigenvalue weighted by molar-refractivity contribution is 0.411. The summed E-state index contributed by atoms with van der Waals surface area (Å²) in [6.07, 6.45) is 1.38. The Kier molecular flexibility index (Phi) is 4.53. The first-order valence-electron chi connectivity index (χ1n) is 5.80. The highest BCUT2D eigenvalue weighted by Gasteiger charge is 2.17. The monoisotopic (exact) mass is 291 g/mol. The Labute approximate surface area is 117 Å². The summed E-state index contributed by atoms with van der Waals surface area (Å²) in [6.45, 7) is 0.220. The van der Waals surface area contributed by atoms with E-state index in [9.17, 15) is 8.42 Å². The molecule has 0 radical (unpaired) electrons. The predicted molar refractivity (Wildman–Crippen MR) is 72.9 cm³/mol. The zero-order valence-electron chi connectivity index (χ0n) is 10.5. The van der Waals surface area contributed by atoms with Gasteiger partial charge in [0.1, 0.15) is 6.26 Å². The molecule has 2 aromatic rings. The molecule has 7 heteroatoms. The van der Waals surface area contributed by atoms with Gasteiger partial charge < -0.3 is 10.3 Å². The van der Waals surface area contributed by atoms with Crippen LogP contribution in [-0.2, 0) is 16.6 Å². The zero-order chi connectivity index (χ0) is 14.4. The van der Waals surface area contributed by atoms with Gasteiger partial charge in [-0.3, -0.25) is 0 Å². The van der Waals surface area contributed by atoms with Gasteiger partial charge >= 0.3 is 0 Å². The average molecular weight is 291 g/mol. The van der Waals surface area contributed by atoms with Crippen molar-refractivity contribution in [1.29, 1.82) is 0 Å². The van der Waals surface area contributed by atoms with E-state index in [0.29, 0.717) is 11.3 Å². The molecule has 2 rings (SSSR count). The van der Waals surface area contributed by atoms with Crippen LogP contribution in [0.15, 0.2) is 46.0 Å². The largest absolute Gasteiger partial charge is 0.364 e. The molecule has 1 heterocycles. The standard InChI is InChI=1S/C13H13N3O3S/c14-8-3-5-11-4-1-2-6-13(11)20(17,18)15-10-12-7-9-19-16-12/h1-2,4,6-7,9,15H,8,10,14H2. The molecule has 0 bridgehead atoms. The second-order valence-corrected chi connectivity index (χ2v) is 5.55. The molecule has 6 nitrogen and oxygen atoms in total. The van der Waals surface area contributed by atoms with E-state index in [2.05, 4.69) is 26.2 Å².